The number of rotatable bonds is 5. The number of carboxylic acids is 1. The summed E-state index contributed by atoms with van der Waals surface area (Å²) in [6.45, 7) is 5.41. The molecule has 0 spiro atoms. The zero-order valence-electron chi connectivity index (χ0n) is 12.5. The lowest BCUT2D eigenvalue weighted by atomic mass is 10.2. The third-order valence-electron chi connectivity index (χ3n) is 2.80. The van der Waals surface area contributed by atoms with Crippen molar-refractivity contribution in [2.45, 2.75) is 26.9 Å². The second kappa shape index (κ2) is 6.34. The maximum Gasteiger partial charge on any atom is 0.335 e. The molecule has 0 fully saturated rings. The summed E-state index contributed by atoms with van der Waals surface area (Å²) in [4.78, 5) is 23.2. The number of carboxylic acid groups (broad SMARTS) is 1. The first-order valence-corrected chi connectivity index (χ1v) is 6.78. The number of furan rings is 1. The van der Waals surface area contributed by atoms with E-state index in [9.17, 15) is 9.59 Å². The molecule has 0 saturated heterocycles. The number of ether oxygens (including phenoxy) is 1. The fourth-order valence-electron chi connectivity index (χ4n) is 1.86. The fourth-order valence-corrected chi connectivity index (χ4v) is 1.86. The molecule has 0 saturated carbocycles. The highest BCUT2D eigenvalue weighted by atomic mass is 16.5. The van der Waals surface area contributed by atoms with Gasteiger partial charge in [-0.2, -0.15) is 0 Å². The molecule has 0 atom stereocenters. The summed E-state index contributed by atoms with van der Waals surface area (Å²) in [6.07, 6.45) is -0.114. The molecule has 0 radical (unpaired) electrons. The van der Waals surface area contributed by atoms with Gasteiger partial charge in [-0.25, -0.2) is 4.79 Å². The van der Waals surface area contributed by atoms with Crippen LogP contribution in [0.2, 0.25) is 0 Å². The van der Waals surface area contributed by atoms with Crippen molar-refractivity contribution >= 4 is 17.6 Å². The molecule has 6 nitrogen and oxygen atoms in total. The minimum absolute atomic E-state index is 0.0574. The van der Waals surface area contributed by atoms with Crippen LogP contribution in [-0.2, 0) is 0 Å². The van der Waals surface area contributed by atoms with E-state index >= 15 is 0 Å². The molecule has 0 aliphatic heterocycles. The van der Waals surface area contributed by atoms with Crippen molar-refractivity contribution in [1.82, 2.24) is 0 Å². The Bertz CT molecular complexity index is 702. The molecule has 0 aliphatic carbocycles. The van der Waals surface area contributed by atoms with Gasteiger partial charge in [0.15, 0.2) is 5.76 Å². The van der Waals surface area contributed by atoms with E-state index in [0.717, 1.165) is 0 Å². The average Bonchev–Trinajstić information content (AvgIpc) is 2.86. The summed E-state index contributed by atoms with van der Waals surface area (Å²) in [7, 11) is 0. The summed E-state index contributed by atoms with van der Waals surface area (Å²) >= 11 is 0. The number of hydrogen-bond acceptors (Lipinski definition) is 4. The first kappa shape index (κ1) is 15.6. The third kappa shape index (κ3) is 3.66. The molecule has 1 amide bonds. The van der Waals surface area contributed by atoms with E-state index in [1.54, 1.807) is 19.1 Å². The molecule has 1 heterocycles. The Kier molecular flexibility index (Phi) is 4.50. The largest absolute Gasteiger partial charge is 0.489 e. The van der Waals surface area contributed by atoms with E-state index in [2.05, 4.69) is 5.32 Å². The maximum absolute atomic E-state index is 12.1. The highest BCUT2D eigenvalue weighted by molar-refractivity contribution is 6.04. The average molecular weight is 303 g/mol. The van der Waals surface area contributed by atoms with Gasteiger partial charge in [0.05, 0.1) is 17.4 Å². The number of aryl methyl sites for hydroxylation is 1. The van der Waals surface area contributed by atoms with Gasteiger partial charge in [0.2, 0.25) is 0 Å². The number of carbonyl (C=O) groups excluding carboxylic acids is 1. The molecule has 2 aromatic rings. The zero-order chi connectivity index (χ0) is 16.3. The Morgan fingerprint density at radius 3 is 2.50 bits per heavy atom. The Morgan fingerprint density at radius 1 is 1.23 bits per heavy atom. The maximum atomic E-state index is 12.1. The van der Waals surface area contributed by atoms with Gasteiger partial charge in [-0.15, -0.1) is 0 Å². The Balaban J connectivity index is 2.31. The van der Waals surface area contributed by atoms with Crippen molar-refractivity contribution in [2.24, 2.45) is 0 Å². The summed E-state index contributed by atoms with van der Waals surface area (Å²) in [5.41, 5.74) is 0.342. The third-order valence-corrected chi connectivity index (χ3v) is 2.80. The normalized spacial score (nSPS) is 10.5. The summed E-state index contributed by atoms with van der Waals surface area (Å²) in [5, 5.41) is 11.7. The molecule has 0 bridgehead atoms. The molecule has 2 N–H and O–H groups in total. The van der Waals surface area contributed by atoms with E-state index in [1.807, 2.05) is 13.8 Å². The van der Waals surface area contributed by atoms with Gasteiger partial charge in [-0.05, 0) is 51.1 Å². The Morgan fingerprint density at radius 2 is 1.95 bits per heavy atom. The van der Waals surface area contributed by atoms with Crippen molar-refractivity contribution in [2.75, 3.05) is 5.32 Å². The minimum atomic E-state index is -1.08. The standard InChI is InChI=1S/C16H17NO5/c1-9(2)21-13-7-5-11(16(19)20)8-12(13)17-15(18)14-6-4-10(3)22-14/h4-9H,1-3H3,(H,17,18)(H,19,20). The number of hydrogen-bond donors (Lipinski definition) is 2. The van der Waals surface area contributed by atoms with Gasteiger partial charge in [-0.3, -0.25) is 4.79 Å². The number of carbonyl (C=O) groups is 2. The van der Waals surface area contributed by atoms with E-state index in [1.165, 1.54) is 18.2 Å². The molecule has 116 valence electrons. The van der Waals surface area contributed by atoms with Crippen LogP contribution in [0.4, 0.5) is 5.69 Å². The van der Waals surface area contributed by atoms with Gasteiger partial charge in [0.1, 0.15) is 11.5 Å². The van der Waals surface area contributed by atoms with E-state index in [4.69, 9.17) is 14.3 Å². The number of anilines is 1. The molecular formula is C16H17NO5. The topological polar surface area (TPSA) is 88.8 Å². The Labute approximate surface area is 127 Å². The van der Waals surface area contributed by atoms with Crippen LogP contribution in [0.1, 0.15) is 40.5 Å². The van der Waals surface area contributed by atoms with Crippen molar-refractivity contribution < 1.29 is 23.8 Å². The summed E-state index contributed by atoms with van der Waals surface area (Å²) in [6, 6.07) is 7.52. The highest BCUT2D eigenvalue weighted by Gasteiger charge is 2.16. The minimum Gasteiger partial charge on any atom is -0.489 e. The van der Waals surface area contributed by atoms with Gasteiger partial charge < -0.3 is 19.6 Å². The van der Waals surface area contributed by atoms with Crippen molar-refractivity contribution in [3.05, 3.63) is 47.4 Å². The lowest BCUT2D eigenvalue weighted by Gasteiger charge is -2.15. The second-order valence-electron chi connectivity index (χ2n) is 5.05. The highest BCUT2D eigenvalue weighted by Crippen LogP contribution is 2.27. The first-order valence-electron chi connectivity index (χ1n) is 6.78. The predicted molar refractivity (Wildman–Crippen MR) is 80.6 cm³/mol. The number of benzene rings is 1. The van der Waals surface area contributed by atoms with Gasteiger partial charge in [0, 0.05) is 0 Å². The molecule has 1 aromatic carbocycles. The summed E-state index contributed by atoms with van der Waals surface area (Å²) in [5.74, 6) is -0.391. The van der Waals surface area contributed by atoms with Crippen LogP contribution in [0.25, 0.3) is 0 Å². The van der Waals surface area contributed by atoms with Gasteiger partial charge in [-0.1, -0.05) is 0 Å². The van der Waals surface area contributed by atoms with Crippen LogP contribution in [0, 0.1) is 6.92 Å². The lowest BCUT2D eigenvalue weighted by molar-refractivity contribution is 0.0696. The quantitative estimate of drug-likeness (QED) is 0.884. The molecule has 1 aromatic heterocycles. The van der Waals surface area contributed by atoms with Crippen molar-refractivity contribution in [3.8, 4) is 5.75 Å². The molecule has 22 heavy (non-hydrogen) atoms. The molecular weight excluding hydrogens is 286 g/mol. The first-order chi connectivity index (χ1) is 10.4. The smallest absolute Gasteiger partial charge is 0.335 e. The van der Waals surface area contributed by atoms with E-state index < -0.39 is 11.9 Å². The van der Waals surface area contributed by atoms with Gasteiger partial charge in [0.25, 0.3) is 5.91 Å². The summed E-state index contributed by atoms with van der Waals surface area (Å²) < 4.78 is 10.8. The zero-order valence-corrected chi connectivity index (χ0v) is 12.5. The van der Waals surface area contributed by atoms with Crippen LogP contribution >= 0.6 is 0 Å². The molecule has 2 rings (SSSR count). The second-order valence-corrected chi connectivity index (χ2v) is 5.05. The van der Waals surface area contributed by atoms with Crippen LogP contribution in [0.5, 0.6) is 5.75 Å². The van der Waals surface area contributed by atoms with Crippen molar-refractivity contribution in [1.29, 1.82) is 0 Å². The van der Waals surface area contributed by atoms with Crippen LogP contribution in [0.15, 0.2) is 34.7 Å². The van der Waals surface area contributed by atoms with Crippen LogP contribution in [-0.4, -0.2) is 23.1 Å². The predicted octanol–water partition coefficient (Wildman–Crippen LogP) is 3.33. The van der Waals surface area contributed by atoms with Gasteiger partial charge >= 0.3 is 5.97 Å². The monoisotopic (exact) mass is 303 g/mol. The van der Waals surface area contributed by atoms with E-state index in [0.29, 0.717) is 11.5 Å². The number of nitrogens with one attached hydrogen (secondary N) is 1. The van der Waals surface area contributed by atoms with E-state index in [-0.39, 0.29) is 23.1 Å². The fraction of sp³-hybridized carbons (Fsp3) is 0.250. The number of amides is 1. The van der Waals surface area contributed by atoms with Crippen molar-refractivity contribution in [3.63, 3.8) is 0 Å². The molecule has 0 aliphatic rings. The SMILES string of the molecule is Cc1ccc(C(=O)Nc2cc(C(=O)O)ccc2OC(C)C)o1. The number of aromatic carboxylic acids is 1. The molecule has 6 heteroatoms. The van der Waals surface area contributed by atoms with Crippen LogP contribution < -0.4 is 10.1 Å². The lowest BCUT2D eigenvalue weighted by Crippen LogP contribution is -2.14. The van der Waals surface area contributed by atoms with Crippen LogP contribution in [0.3, 0.4) is 0 Å². The Hall–Kier alpha value is -2.76. The molecule has 0 unspecified atom stereocenters.